The van der Waals surface area contributed by atoms with Gasteiger partial charge in [-0.15, -0.1) is 11.3 Å². The molecule has 1 aliphatic rings. The summed E-state index contributed by atoms with van der Waals surface area (Å²) in [5.74, 6) is 2.00. The Hall–Kier alpha value is -6.23. The van der Waals surface area contributed by atoms with Crippen LogP contribution in [-0.4, -0.2) is 15.0 Å². The fraction of sp³-hybridized carbons (Fsp3) is 0.0625. The molecule has 0 bridgehead atoms. The fourth-order valence-corrected chi connectivity index (χ4v) is 9.77. The Morgan fingerprint density at radius 3 is 1.88 bits per heavy atom. The van der Waals surface area contributed by atoms with Crippen LogP contribution in [0.3, 0.4) is 0 Å². The lowest BCUT2D eigenvalue weighted by molar-refractivity contribution is 0.666. The molecule has 2 heterocycles. The molecule has 0 aliphatic heterocycles. The first kappa shape index (κ1) is 29.5. The predicted octanol–water partition coefficient (Wildman–Crippen LogP) is 13.0. The van der Waals surface area contributed by atoms with Gasteiger partial charge in [-0.25, -0.2) is 15.0 Å². The highest BCUT2D eigenvalue weighted by Gasteiger charge is 2.38. The van der Waals surface area contributed by atoms with Crippen molar-refractivity contribution in [3.63, 3.8) is 0 Å². The van der Waals surface area contributed by atoms with Crippen molar-refractivity contribution in [3.8, 4) is 45.3 Å². The molecule has 244 valence electrons. The van der Waals surface area contributed by atoms with Gasteiger partial charge in [-0.05, 0) is 84.9 Å². The van der Waals surface area contributed by atoms with Crippen molar-refractivity contribution < 1.29 is 0 Å². The number of fused-ring (bicyclic) bond motifs is 13. The van der Waals surface area contributed by atoms with Gasteiger partial charge in [0, 0.05) is 42.3 Å². The summed E-state index contributed by atoms with van der Waals surface area (Å²) in [6, 6.07) is 54.6. The summed E-state index contributed by atoms with van der Waals surface area (Å²) >= 11 is 1.82. The zero-order valence-electron chi connectivity index (χ0n) is 28.7. The van der Waals surface area contributed by atoms with Crippen molar-refractivity contribution in [3.05, 3.63) is 163 Å². The molecule has 8 aromatic carbocycles. The first-order valence-corrected chi connectivity index (χ1v) is 18.6. The van der Waals surface area contributed by atoms with Crippen LogP contribution in [0, 0.1) is 0 Å². The highest BCUT2D eigenvalue weighted by atomic mass is 32.1. The van der Waals surface area contributed by atoms with E-state index in [4.69, 9.17) is 15.0 Å². The topological polar surface area (TPSA) is 38.7 Å². The van der Waals surface area contributed by atoms with Crippen molar-refractivity contribution in [2.24, 2.45) is 0 Å². The number of hydrogen-bond acceptors (Lipinski definition) is 4. The summed E-state index contributed by atoms with van der Waals surface area (Å²) < 4.78 is 2.54. The monoisotopic (exact) mass is 681 g/mol. The van der Waals surface area contributed by atoms with Crippen molar-refractivity contribution in [2.75, 3.05) is 0 Å². The van der Waals surface area contributed by atoms with Gasteiger partial charge < -0.3 is 0 Å². The van der Waals surface area contributed by atoms with Crippen LogP contribution in [0.25, 0.3) is 97.8 Å². The van der Waals surface area contributed by atoms with E-state index in [0.717, 1.165) is 22.1 Å². The maximum absolute atomic E-state index is 5.16. The van der Waals surface area contributed by atoms with Gasteiger partial charge in [-0.1, -0.05) is 135 Å². The van der Waals surface area contributed by atoms with Crippen LogP contribution in [0.5, 0.6) is 0 Å². The molecule has 0 radical (unpaired) electrons. The molecule has 10 aromatic rings. The van der Waals surface area contributed by atoms with Gasteiger partial charge in [0.25, 0.3) is 0 Å². The molecule has 52 heavy (non-hydrogen) atoms. The van der Waals surface area contributed by atoms with E-state index in [2.05, 4.69) is 147 Å². The van der Waals surface area contributed by atoms with E-state index in [-0.39, 0.29) is 5.41 Å². The summed E-state index contributed by atoms with van der Waals surface area (Å²) in [7, 11) is 0. The smallest absolute Gasteiger partial charge is 0.164 e. The van der Waals surface area contributed by atoms with Gasteiger partial charge in [-0.3, -0.25) is 0 Å². The van der Waals surface area contributed by atoms with Gasteiger partial charge in [0.05, 0.1) is 0 Å². The van der Waals surface area contributed by atoms with E-state index < -0.39 is 0 Å². The summed E-state index contributed by atoms with van der Waals surface area (Å²) in [4.78, 5) is 15.3. The van der Waals surface area contributed by atoms with Crippen LogP contribution < -0.4 is 0 Å². The normalized spacial score (nSPS) is 13.3. The largest absolute Gasteiger partial charge is 0.208 e. The van der Waals surface area contributed by atoms with Crippen LogP contribution in [0.15, 0.2) is 152 Å². The standard InChI is InChI=1S/C48H31N3S/c1-48(2)39-18-10-8-17-36(39)43-35-16-7-6-15-34(35)42-32-23-21-30(26-29(32)20-24-37(42)44(43)48)46-49-45(28-12-4-3-5-13-28)50-47(51-46)31-22-25-41-38(27-31)33-14-9-11-19-40(33)52-41/h3-27H,1-2H3. The van der Waals surface area contributed by atoms with E-state index in [0.29, 0.717) is 17.5 Å². The minimum absolute atomic E-state index is 0.116. The number of aromatic nitrogens is 3. The molecule has 0 amide bonds. The van der Waals surface area contributed by atoms with Gasteiger partial charge in [-0.2, -0.15) is 0 Å². The van der Waals surface area contributed by atoms with E-state index >= 15 is 0 Å². The average molecular weight is 682 g/mol. The minimum Gasteiger partial charge on any atom is -0.208 e. The fourth-order valence-electron chi connectivity index (χ4n) is 8.68. The second-order valence-corrected chi connectivity index (χ2v) is 15.5. The molecular weight excluding hydrogens is 651 g/mol. The van der Waals surface area contributed by atoms with Crippen LogP contribution in [0.4, 0.5) is 0 Å². The third kappa shape index (κ3) is 4.22. The molecular formula is C48H31N3S. The molecule has 1 aliphatic carbocycles. The van der Waals surface area contributed by atoms with Crippen molar-refractivity contribution >= 4 is 63.8 Å². The lowest BCUT2D eigenvalue weighted by atomic mass is 9.78. The number of thiophene rings is 1. The Labute approximate surface area is 304 Å². The third-order valence-corrected chi connectivity index (χ3v) is 12.2. The molecule has 0 fully saturated rings. The van der Waals surface area contributed by atoms with Crippen LogP contribution >= 0.6 is 11.3 Å². The molecule has 3 nitrogen and oxygen atoms in total. The second-order valence-electron chi connectivity index (χ2n) is 14.4. The average Bonchev–Trinajstić information content (AvgIpc) is 3.69. The molecule has 11 rings (SSSR count). The summed E-state index contributed by atoms with van der Waals surface area (Å²) in [5, 5.41) is 10.1. The zero-order valence-corrected chi connectivity index (χ0v) is 29.5. The second kappa shape index (κ2) is 10.9. The van der Waals surface area contributed by atoms with E-state index in [9.17, 15) is 0 Å². The molecule has 0 atom stereocenters. The van der Waals surface area contributed by atoms with E-state index in [1.165, 1.54) is 69.4 Å². The van der Waals surface area contributed by atoms with Gasteiger partial charge in [0.2, 0.25) is 0 Å². The van der Waals surface area contributed by atoms with Crippen LogP contribution in [0.1, 0.15) is 25.0 Å². The minimum atomic E-state index is -0.116. The SMILES string of the molecule is CC1(C)c2ccccc2-c2c1c1ccc3cc(-c4nc(-c5ccccc5)nc(-c5ccc6sc7ccccc7c6c5)n4)ccc3c1c1ccccc21. The van der Waals surface area contributed by atoms with Crippen molar-refractivity contribution in [2.45, 2.75) is 19.3 Å². The highest BCUT2D eigenvalue weighted by Crippen LogP contribution is 2.55. The molecule has 0 saturated carbocycles. The molecule has 0 saturated heterocycles. The molecule has 0 spiro atoms. The van der Waals surface area contributed by atoms with Gasteiger partial charge >= 0.3 is 0 Å². The van der Waals surface area contributed by atoms with E-state index in [1.807, 2.05) is 29.5 Å². The van der Waals surface area contributed by atoms with E-state index in [1.54, 1.807) is 0 Å². The highest BCUT2D eigenvalue weighted by molar-refractivity contribution is 7.25. The summed E-state index contributed by atoms with van der Waals surface area (Å²) in [5.41, 5.74) is 8.32. The lowest BCUT2D eigenvalue weighted by Gasteiger charge is -2.24. The number of nitrogens with zero attached hydrogens (tertiary/aromatic N) is 3. The maximum Gasteiger partial charge on any atom is 0.164 e. The number of rotatable bonds is 3. The molecule has 0 unspecified atom stereocenters. The Kier molecular flexibility index (Phi) is 6.17. The quantitative estimate of drug-likeness (QED) is 0.174. The molecule has 2 aromatic heterocycles. The molecule has 0 N–H and O–H groups in total. The Bertz CT molecular complexity index is 3100. The molecule has 4 heteroatoms. The Balaban J connectivity index is 1.13. The Morgan fingerprint density at radius 1 is 0.442 bits per heavy atom. The van der Waals surface area contributed by atoms with Crippen molar-refractivity contribution in [1.29, 1.82) is 0 Å². The number of hydrogen-bond donors (Lipinski definition) is 0. The first-order chi connectivity index (χ1) is 25.5. The van der Waals surface area contributed by atoms with Crippen molar-refractivity contribution in [1.82, 2.24) is 15.0 Å². The predicted molar refractivity (Wildman–Crippen MR) is 219 cm³/mol. The summed E-state index contributed by atoms with van der Waals surface area (Å²) in [6.45, 7) is 4.75. The number of benzene rings is 8. The van der Waals surface area contributed by atoms with Gasteiger partial charge in [0.15, 0.2) is 17.5 Å². The van der Waals surface area contributed by atoms with Gasteiger partial charge in [0.1, 0.15) is 0 Å². The lowest BCUT2D eigenvalue weighted by Crippen LogP contribution is -2.15. The Morgan fingerprint density at radius 2 is 1.06 bits per heavy atom. The summed E-state index contributed by atoms with van der Waals surface area (Å²) in [6.07, 6.45) is 0. The van der Waals surface area contributed by atoms with Crippen LogP contribution in [0.2, 0.25) is 0 Å². The van der Waals surface area contributed by atoms with Crippen LogP contribution in [-0.2, 0) is 5.41 Å². The maximum atomic E-state index is 5.16. The zero-order chi connectivity index (χ0) is 34.6. The third-order valence-electron chi connectivity index (χ3n) is 11.1. The first-order valence-electron chi connectivity index (χ1n) is 17.8.